The molecule has 68 valence electrons. The maximum absolute atomic E-state index is 10.9. The highest BCUT2D eigenvalue weighted by Crippen LogP contribution is 2.39. The monoisotopic (exact) mass is 172 g/mol. The van der Waals surface area contributed by atoms with Crippen LogP contribution in [0.15, 0.2) is 0 Å². The van der Waals surface area contributed by atoms with Crippen LogP contribution in [0, 0.1) is 5.41 Å². The maximum Gasteiger partial charge on any atom is 0.312 e. The Hall–Kier alpha value is -0.900. The zero-order valence-corrected chi connectivity index (χ0v) is 6.91. The van der Waals surface area contributed by atoms with E-state index in [0.717, 1.165) is 0 Å². The third-order valence-corrected chi connectivity index (χ3v) is 2.59. The van der Waals surface area contributed by atoms with Crippen LogP contribution in [0.25, 0.3) is 0 Å². The highest BCUT2D eigenvalue weighted by Gasteiger charge is 2.48. The number of aliphatic hydroxyl groups is 1. The molecule has 0 bridgehead atoms. The van der Waals surface area contributed by atoms with Crippen LogP contribution in [0.1, 0.15) is 26.2 Å². The molecule has 1 aliphatic carbocycles. The Balaban J connectivity index is 2.89. The molecule has 2 N–H and O–H groups in total. The number of carboxylic acids is 1. The van der Waals surface area contributed by atoms with Crippen molar-refractivity contribution in [1.29, 1.82) is 0 Å². The zero-order valence-electron chi connectivity index (χ0n) is 6.91. The molecule has 1 rings (SSSR count). The van der Waals surface area contributed by atoms with E-state index in [9.17, 15) is 14.7 Å². The molecule has 0 amide bonds. The summed E-state index contributed by atoms with van der Waals surface area (Å²) in [5.41, 5.74) is -1.21. The highest BCUT2D eigenvalue weighted by molar-refractivity contribution is 5.90. The summed E-state index contributed by atoms with van der Waals surface area (Å²) >= 11 is 0. The SMILES string of the molecule is C[C@@H](O)[C@]1(C(=O)O)CCC(=O)C1. The number of rotatable bonds is 2. The van der Waals surface area contributed by atoms with E-state index < -0.39 is 17.5 Å². The predicted molar refractivity (Wildman–Crippen MR) is 40.6 cm³/mol. The summed E-state index contributed by atoms with van der Waals surface area (Å²) in [6.45, 7) is 1.42. The topological polar surface area (TPSA) is 74.6 Å². The van der Waals surface area contributed by atoms with Gasteiger partial charge in [0.2, 0.25) is 0 Å². The largest absolute Gasteiger partial charge is 0.481 e. The van der Waals surface area contributed by atoms with E-state index in [1.807, 2.05) is 0 Å². The van der Waals surface area contributed by atoms with Gasteiger partial charge in [0.1, 0.15) is 11.2 Å². The average molecular weight is 172 g/mol. The van der Waals surface area contributed by atoms with Crippen LogP contribution >= 0.6 is 0 Å². The van der Waals surface area contributed by atoms with Crippen molar-refractivity contribution in [1.82, 2.24) is 0 Å². The van der Waals surface area contributed by atoms with Gasteiger partial charge in [0.15, 0.2) is 0 Å². The van der Waals surface area contributed by atoms with Gasteiger partial charge in [-0.15, -0.1) is 0 Å². The molecule has 1 saturated carbocycles. The molecule has 0 unspecified atom stereocenters. The summed E-state index contributed by atoms with van der Waals surface area (Å²) in [5, 5.41) is 18.1. The van der Waals surface area contributed by atoms with Gasteiger partial charge in [0.25, 0.3) is 0 Å². The van der Waals surface area contributed by atoms with Gasteiger partial charge in [0, 0.05) is 12.8 Å². The number of ketones is 1. The lowest BCUT2D eigenvalue weighted by atomic mass is 9.81. The molecule has 0 aliphatic heterocycles. The average Bonchev–Trinajstić information content (AvgIpc) is 2.32. The van der Waals surface area contributed by atoms with Crippen molar-refractivity contribution >= 4 is 11.8 Å². The lowest BCUT2D eigenvalue weighted by molar-refractivity contribution is -0.156. The van der Waals surface area contributed by atoms with Crippen LogP contribution in [-0.4, -0.2) is 28.1 Å². The van der Waals surface area contributed by atoms with Crippen molar-refractivity contribution in [3.8, 4) is 0 Å². The van der Waals surface area contributed by atoms with Crippen molar-refractivity contribution in [2.24, 2.45) is 5.41 Å². The molecule has 0 aromatic carbocycles. The van der Waals surface area contributed by atoms with Gasteiger partial charge < -0.3 is 10.2 Å². The number of carbonyl (C=O) groups is 2. The summed E-state index contributed by atoms with van der Waals surface area (Å²) in [5.74, 6) is -1.14. The first-order chi connectivity index (χ1) is 5.49. The molecule has 0 spiro atoms. The summed E-state index contributed by atoms with van der Waals surface area (Å²) in [6.07, 6.45) is -0.447. The van der Waals surface area contributed by atoms with E-state index in [-0.39, 0.29) is 25.0 Å². The zero-order chi connectivity index (χ0) is 9.35. The van der Waals surface area contributed by atoms with E-state index >= 15 is 0 Å². The Labute approximate surface area is 70.2 Å². The van der Waals surface area contributed by atoms with Crippen molar-refractivity contribution in [3.63, 3.8) is 0 Å². The van der Waals surface area contributed by atoms with Crippen LogP contribution in [-0.2, 0) is 9.59 Å². The number of hydrogen-bond donors (Lipinski definition) is 2. The Bertz CT molecular complexity index is 221. The van der Waals surface area contributed by atoms with Crippen LogP contribution < -0.4 is 0 Å². The molecule has 1 fully saturated rings. The summed E-state index contributed by atoms with van der Waals surface area (Å²) in [4.78, 5) is 21.7. The molecule has 0 saturated heterocycles. The van der Waals surface area contributed by atoms with Gasteiger partial charge in [-0.2, -0.15) is 0 Å². The second kappa shape index (κ2) is 2.86. The molecule has 2 atom stereocenters. The Morgan fingerprint density at radius 1 is 1.67 bits per heavy atom. The number of hydrogen-bond acceptors (Lipinski definition) is 3. The fourth-order valence-corrected chi connectivity index (χ4v) is 1.61. The maximum atomic E-state index is 10.9. The second-order valence-electron chi connectivity index (χ2n) is 3.35. The van der Waals surface area contributed by atoms with Gasteiger partial charge in [-0.1, -0.05) is 0 Å². The predicted octanol–water partition coefficient (Wildman–Crippen LogP) is 0.191. The highest BCUT2D eigenvalue weighted by atomic mass is 16.4. The summed E-state index contributed by atoms with van der Waals surface area (Å²) in [6, 6.07) is 0. The normalized spacial score (nSPS) is 32.0. The third kappa shape index (κ3) is 1.22. The van der Waals surface area contributed by atoms with Gasteiger partial charge in [0.05, 0.1) is 6.10 Å². The number of carbonyl (C=O) groups excluding carboxylic acids is 1. The second-order valence-corrected chi connectivity index (χ2v) is 3.35. The van der Waals surface area contributed by atoms with Gasteiger partial charge in [-0.05, 0) is 13.3 Å². The molecule has 0 aromatic heterocycles. The lowest BCUT2D eigenvalue weighted by Crippen LogP contribution is -2.38. The van der Waals surface area contributed by atoms with Gasteiger partial charge in [-0.25, -0.2) is 0 Å². The molecular formula is C8H12O4. The molecular weight excluding hydrogens is 160 g/mol. The first-order valence-electron chi connectivity index (χ1n) is 3.92. The number of aliphatic hydroxyl groups excluding tert-OH is 1. The fraction of sp³-hybridized carbons (Fsp3) is 0.750. The standard InChI is InChI=1S/C8H12O4/c1-5(9)8(7(11)12)3-2-6(10)4-8/h5,9H,2-4H2,1H3,(H,11,12)/t5-,8+/m1/s1. The Morgan fingerprint density at radius 2 is 2.25 bits per heavy atom. The quantitative estimate of drug-likeness (QED) is 0.623. The van der Waals surface area contributed by atoms with Crippen LogP contribution in [0.4, 0.5) is 0 Å². The van der Waals surface area contributed by atoms with Crippen LogP contribution in [0.5, 0.6) is 0 Å². The fourth-order valence-electron chi connectivity index (χ4n) is 1.61. The van der Waals surface area contributed by atoms with Crippen molar-refractivity contribution in [2.45, 2.75) is 32.3 Å². The first kappa shape index (κ1) is 9.19. The van der Waals surface area contributed by atoms with Crippen molar-refractivity contribution in [3.05, 3.63) is 0 Å². The smallest absolute Gasteiger partial charge is 0.312 e. The first-order valence-corrected chi connectivity index (χ1v) is 3.92. The van der Waals surface area contributed by atoms with Crippen LogP contribution in [0.2, 0.25) is 0 Å². The van der Waals surface area contributed by atoms with Gasteiger partial charge in [-0.3, -0.25) is 9.59 Å². The molecule has 12 heavy (non-hydrogen) atoms. The Morgan fingerprint density at radius 3 is 2.42 bits per heavy atom. The molecule has 0 heterocycles. The van der Waals surface area contributed by atoms with Gasteiger partial charge >= 0.3 is 5.97 Å². The molecule has 4 nitrogen and oxygen atoms in total. The van der Waals surface area contributed by atoms with E-state index in [1.54, 1.807) is 0 Å². The molecule has 0 aromatic rings. The van der Waals surface area contributed by atoms with E-state index in [4.69, 9.17) is 5.11 Å². The van der Waals surface area contributed by atoms with Crippen LogP contribution in [0.3, 0.4) is 0 Å². The minimum absolute atomic E-state index is 0.0278. The van der Waals surface area contributed by atoms with E-state index in [0.29, 0.717) is 0 Å². The number of carboxylic acid groups (broad SMARTS) is 1. The molecule has 0 radical (unpaired) electrons. The Kier molecular flexibility index (Phi) is 2.19. The lowest BCUT2D eigenvalue weighted by Gasteiger charge is -2.25. The van der Waals surface area contributed by atoms with E-state index in [2.05, 4.69) is 0 Å². The van der Waals surface area contributed by atoms with Crippen molar-refractivity contribution < 1.29 is 19.8 Å². The molecule has 1 aliphatic rings. The summed E-state index contributed by atoms with van der Waals surface area (Å²) in [7, 11) is 0. The minimum atomic E-state index is -1.21. The summed E-state index contributed by atoms with van der Waals surface area (Å²) < 4.78 is 0. The van der Waals surface area contributed by atoms with E-state index in [1.165, 1.54) is 6.92 Å². The third-order valence-electron chi connectivity index (χ3n) is 2.59. The molecule has 4 heteroatoms. The number of Topliss-reactive ketones (excluding diaryl/α,β-unsaturated/α-hetero) is 1. The number of aliphatic carboxylic acids is 1. The minimum Gasteiger partial charge on any atom is -0.481 e. The van der Waals surface area contributed by atoms with Crippen molar-refractivity contribution in [2.75, 3.05) is 0 Å².